The van der Waals surface area contributed by atoms with Crippen molar-refractivity contribution < 1.29 is 27.9 Å². The van der Waals surface area contributed by atoms with Crippen LogP contribution in [0.2, 0.25) is 5.02 Å². The highest BCUT2D eigenvalue weighted by Gasteiger charge is 2.21. The molecule has 0 aliphatic heterocycles. The second-order valence-corrected chi connectivity index (χ2v) is 7.27. The van der Waals surface area contributed by atoms with Gasteiger partial charge in [0.05, 0.1) is 4.90 Å². The summed E-state index contributed by atoms with van der Waals surface area (Å²) in [6.45, 7) is 1.34. The Morgan fingerprint density at radius 2 is 1.81 bits per heavy atom. The number of primary sulfonamides is 1. The fraction of sp³-hybridized carbons (Fsp3) is 0.125. The third-order valence-corrected chi connectivity index (χ3v) is 4.45. The number of hydrogen-bond acceptors (Lipinski definition) is 6. The van der Waals surface area contributed by atoms with Crippen LogP contribution in [0.15, 0.2) is 47.4 Å². The number of aromatic hydroxyl groups is 1. The SMILES string of the molecule is C[C@H](OC(=O)c1cc(Cl)ccc1O)C(=O)Nc1ccc(S(N)(=O)=O)cc1. The Morgan fingerprint density at radius 3 is 2.38 bits per heavy atom. The monoisotopic (exact) mass is 398 g/mol. The maximum absolute atomic E-state index is 12.1. The van der Waals surface area contributed by atoms with E-state index in [1.807, 2.05) is 0 Å². The average molecular weight is 399 g/mol. The quantitative estimate of drug-likeness (QED) is 0.658. The Hall–Kier alpha value is -2.62. The molecule has 0 aliphatic rings. The second kappa shape index (κ2) is 7.73. The van der Waals surface area contributed by atoms with Gasteiger partial charge >= 0.3 is 5.97 Å². The minimum Gasteiger partial charge on any atom is -0.507 e. The summed E-state index contributed by atoms with van der Waals surface area (Å²) in [6, 6.07) is 8.99. The van der Waals surface area contributed by atoms with Crippen molar-refractivity contribution in [1.82, 2.24) is 0 Å². The maximum atomic E-state index is 12.1. The first kappa shape index (κ1) is 19.7. The van der Waals surface area contributed by atoms with Gasteiger partial charge in [-0.2, -0.15) is 0 Å². The van der Waals surface area contributed by atoms with E-state index >= 15 is 0 Å². The molecule has 138 valence electrons. The van der Waals surface area contributed by atoms with Crippen LogP contribution in [0.1, 0.15) is 17.3 Å². The first-order valence-electron chi connectivity index (χ1n) is 7.21. The third kappa shape index (κ3) is 4.94. The standard InChI is InChI=1S/C16H15ClN2O6S/c1-9(25-16(22)13-8-10(17)2-7-14(13)20)15(21)19-11-3-5-12(6-4-11)26(18,23)24/h2-9,20H,1H3,(H,19,21)(H2,18,23,24)/t9-/m0/s1. The lowest BCUT2D eigenvalue weighted by Gasteiger charge is -2.14. The molecule has 0 unspecified atom stereocenters. The van der Waals surface area contributed by atoms with Crippen LogP contribution in [-0.2, 0) is 19.6 Å². The van der Waals surface area contributed by atoms with Gasteiger partial charge in [-0.05, 0) is 49.4 Å². The number of esters is 1. The summed E-state index contributed by atoms with van der Waals surface area (Å²) in [4.78, 5) is 24.0. The fourth-order valence-corrected chi connectivity index (χ4v) is 2.61. The Kier molecular flexibility index (Phi) is 5.86. The van der Waals surface area contributed by atoms with Crippen molar-refractivity contribution in [3.05, 3.63) is 53.1 Å². The molecule has 10 heteroatoms. The van der Waals surface area contributed by atoms with Crippen LogP contribution in [0.5, 0.6) is 5.75 Å². The molecule has 2 aromatic carbocycles. The van der Waals surface area contributed by atoms with E-state index in [0.29, 0.717) is 0 Å². The molecule has 0 bridgehead atoms. The lowest BCUT2D eigenvalue weighted by atomic mass is 10.2. The van der Waals surface area contributed by atoms with E-state index in [4.69, 9.17) is 21.5 Å². The Bertz CT molecular complexity index is 944. The molecule has 2 aromatic rings. The van der Waals surface area contributed by atoms with Gasteiger partial charge in [-0.3, -0.25) is 4.79 Å². The number of rotatable bonds is 5. The molecular formula is C16H15ClN2O6S. The molecule has 8 nitrogen and oxygen atoms in total. The maximum Gasteiger partial charge on any atom is 0.342 e. The molecule has 0 aliphatic carbocycles. The number of nitrogens with two attached hydrogens (primary N) is 1. The summed E-state index contributed by atoms with van der Waals surface area (Å²) in [5.74, 6) is -1.90. The molecule has 2 rings (SSSR count). The Labute approximate surface area is 154 Å². The molecule has 1 amide bonds. The van der Waals surface area contributed by atoms with E-state index < -0.39 is 28.0 Å². The predicted molar refractivity (Wildman–Crippen MR) is 94.4 cm³/mol. The highest BCUT2D eigenvalue weighted by molar-refractivity contribution is 7.89. The van der Waals surface area contributed by atoms with Gasteiger partial charge in [-0.15, -0.1) is 0 Å². The van der Waals surface area contributed by atoms with Crippen molar-refractivity contribution in [2.24, 2.45) is 5.14 Å². The normalized spacial score (nSPS) is 12.3. The van der Waals surface area contributed by atoms with Crippen LogP contribution in [0, 0.1) is 0 Å². The minimum absolute atomic E-state index is 0.105. The van der Waals surface area contributed by atoms with Crippen molar-refractivity contribution in [1.29, 1.82) is 0 Å². The number of carbonyl (C=O) groups excluding carboxylic acids is 2. The molecule has 4 N–H and O–H groups in total. The minimum atomic E-state index is -3.84. The number of hydrogen-bond donors (Lipinski definition) is 3. The van der Waals surface area contributed by atoms with E-state index in [1.165, 1.54) is 49.4 Å². The Balaban J connectivity index is 2.03. The van der Waals surface area contributed by atoms with Crippen molar-refractivity contribution >= 4 is 39.2 Å². The van der Waals surface area contributed by atoms with E-state index in [9.17, 15) is 23.1 Å². The van der Waals surface area contributed by atoms with Crippen LogP contribution in [-0.4, -0.2) is 31.5 Å². The van der Waals surface area contributed by atoms with E-state index in [-0.39, 0.29) is 26.9 Å². The van der Waals surface area contributed by atoms with E-state index in [0.717, 1.165) is 0 Å². The summed E-state index contributed by atoms with van der Waals surface area (Å²) in [6.07, 6.45) is -1.18. The fourth-order valence-electron chi connectivity index (χ4n) is 1.92. The van der Waals surface area contributed by atoms with Gasteiger partial charge in [0.25, 0.3) is 5.91 Å². The summed E-state index contributed by atoms with van der Waals surface area (Å²) >= 11 is 5.76. The molecule has 26 heavy (non-hydrogen) atoms. The van der Waals surface area contributed by atoms with Crippen molar-refractivity contribution in [2.75, 3.05) is 5.32 Å². The number of anilines is 1. The zero-order valence-electron chi connectivity index (χ0n) is 13.5. The van der Waals surface area contributed by atoms with Crippen LogP contribution >= 0.6 is 11.6 Å². The molecule has 0 heterocycles. The Morgan fingerprint density at radius 1 is 1.19 bits per heavy atom. The number of phenolic OH excluding ortho intramolecular Hbond substituents is 1. The summed E-state index contributed by atoms with van der Waals surface area (Å²) < 4.78 is 27.4. The van der Waals surface area contributed by atoms with Crippen molar-refractivity contribution in [3.8, 4) is 5.75 Å². The smallest absolute Gasteiger partial charge is 0.342 e. The van der Waals surface area contributed by atoms with Crippen LogP contribution < -0.4 is 10.5 Å². The largest absolute Gasteiger partial charge is 0.507 e. The van der Waals surface area contributed by atoms with Crippen molar-refractivity contribution in [2.45, 2.75) is 17.9 Å². The average Bonchev–Trinajstić information content (AvgIpc) is 2.56. The zero-order chi connectivity index (χ0) is 19.5. The van der Waals surface area contributed by atoms with Gasteiger partial charge in [0.1, 0.15) is 11.3 Å². The topological polar surface area (TPSA) is 136 Å². The first-order valence-corrected chi connectivity index (χ1v) is 9.13. The van der Waals surface area contributed by atoms with Crippen molar-refractivity contribution in [3.63, 3.8) is 0 Å². The van der Waals surface area contributed by atoms with Crippen LogP contribution in [0.25, 0.3) is 0 Å². The number of halogens is 1. The summed E-state index contributed by atoms with van der Waals surface area (Å²) in [5, 5.41) is 17.3. The van der Waals surface area contributed by atoms with Gasteiger partial charge in [-0.1, -0.05) is 11.6 Å². The number of phenols is 1. The highest BCUT2D eigenvalue weighted by Crippen LogP contribution is 2.23. The lowest BCUT2D eigenvalue weighted by Crippen LogP contribution is -2.30. The number of amides is 1. The summed E-state index contributed by atoms with van der Waals surface area (Å²) in [7, 11) is -3.84. The van der Waals surface area contributed by atoms with Crippen LogP contribution in [0.4, 0.5) is 5.69 Å². The van der Waals surface area contributed by atoms with E-state index in [2.05, 4.69) is 5.32 Å². The first-order chi connectivity index (χ1) is 12.1. The molecule has 0 spiro atoms. The third-order valence-electron chi connectivity index (χ3n) is 3.28. The van der Waals surface area contributed by atoms with Gasteiger partial charge < -0.3 is 15.2 Å². The molecule has 0 radical (unpaired) electrons. The molecule has 0 fully saturated rings. The zero-order valence-corrected chi connectivity index (χ0v) is 15.0. The van der Waals surface area contributed by atoms with Gasteiger partial charge in [0.15, 0.2) is 6.10 Å². The molecular weight excluding hydrogens is 384 g/mol. The van der Waals surface area contributed by atoms with Gasteiger partial charge in [0, 0.05) is 10.7 Å². The van der Waals surface area contributed by atoms with Crippen LogP contribution in [0.3, 0.4) is 0 Å². The highest BCUT2D eigenvalue weighted by atomic mass is 35.5. The molecule has 1 atom stereocenters. The number of benzene rings is 2. The lowest BCUT2D eigenvalue weighted by molar-refractivity contribution is -0.123. The number of sulfonamides is 1. The summed E-state index contributed by atoms with van der Waals surface area (Å²) in [5.41, 5.74) is 0.116. The van der Waals surface area contributed by atoms with Gasteiger partial charge in [-0.25, -0.2) is 18.4 Å². The molecule has 0 saturated heterocycles. The second-order valence-electron chi connectivity index (χ2n) is 5.27. The number of nitrogens with one attached hydrogen (secondary N) is 1. The number of carbonyl (C=O) groups is 2. The predicted octanol–water partition coefficient (Wildman–Crippen LogP) is 1.88. The number of ether oxygens (including phenoxy) is 1. The molecule has 0 saturated carbocycles. The van der Waals surface area contributed by atoms with Gasteiger partial charge in [0.2, 0.25) is 10.0 Å². The molecule has 0 aromatic heterocycles. The van der Waals surface area contributed by atoms with E-state index in [1.54, 1.807) is 0 Å².